The molecule has 0 heterocycles. The molecular weight excluding hydrogens is 452 g/mol. The van der Waals surface area contributed by atoms with Gasteiger partial charge in [0.25, 0.3) is 0 Å². The van der Waals surface area contributed by atoms with Gasteiger partial charge in [-0.3, -0.25) is 4.79 Å². The first kappa shape index (κ1) is 23.8. The van der Waals surface area contributed by atoms with Crippen molar-refractivity contribution in [1.82, 2.24) is 0 Å². The zero-order valence-electron chi connectivity index (χ0n) is 18.9. The molecule has 3 nitrogen and oxygen atoms in total. The molecule has 0 N–H and O–H groups in total. The minimum absolute atomic E-state index is 0.261. The summed E-state index contributed by atoms with van der Waals surface area (Å²) in [7, 11) is 0. The second-order valence-corrected chi connectivity index (χ2v) is 11.1. The molecule has 1 aliphatic carbocycles. The fraction of sp³-hybridized carbons (Fsp3) is 0.519. The van der Waals surface area contributed by atoms with E-state index in [1.165, 1.54) is 62.5 Å². The number of carbonyl (C=O) groups is 1. The molecule has 31 heavy (non-hydrogen) atoms. The highest BCUT2D eigenvalue weighted by molar-refractivity contribution is 9.10. The van der Waals surface area contributed by atoms with Crippen molar-refractivity contribution in [3.05, 3.63) is 65.2 Å². The Bertz CT molecular complexity index is 796. The summed E-state index contributed by atoms with van der Waals surface area (Å²) < 4.78 is 10.6. The van der Waals surface area contributed by atoms with Crippen LogP contribution in [0.3, 0.4) is 0 Å². The molecule has 168 valence electrons. The fourth-order valence-corrected chi connectivity index (χ4v) is 4.14. The van der Waals surface area contributed by atoms with Gasteiger partial charge in [0, 0.05) is 0 Å². The van der Waals surface area contributed by atoms with Crippen LogP contribution >= 0.6 is 15.9 Å². The van der Waals surface area contributed by atoms with E-state index in [2.05, 4.69) is 40.2 Å². The van der Waals surface area contributed by atoms with Crippen LogP contribution in [0.2, 0.25) is 0 Å². The van der Waals surface area contributed by atoms with Crippen molar-refractivity contribution in [2.45, 2.75) is 88.7 Å². The number of alkyl halides is 1. The van der Waals surface area contributed by atoms with E-state index in [1.54, 1.807) is 13.8 Å². The quantitative estimate of drug-likeness (QED) is 0.297. The lowest BCUT2D eigenvalue weighted by Gasteiger charge is -2.17. The number of ether oxygens (including phenoxy) is 2. The molecule has 0 saturated heterocycles. The highest BCUT2D eigenvalue weighted by Crippen LogP contribution is 2.30. The maximum Gasteiger partial charge on any atom is 0.322 e. The van der Waals surface area contributed by atoms with E-state index in [-0.39, 0.29) is 12.6 Å². The van der Waals surface area contributed by atoms with Crippen molar-refractivity contribution >= 4 is 21.9 Å². The van der Waals surface area contributed by atoms with Gasteiger partial charge in [0.1, 0.15) is 23.3 Å². The molecule has 0 bridgehead atoms. The van der Waals surface area contributed by atoms with Crippen molar-refractivity contribution in [3.63, 3.8) is 0 Å². The zero-order chi connectivity index (χ0) is 22.1. The third kappa shape index (κ3) is 7.99. The first-order valence-electron chi connectivity index (χ1n) is 11.6. The molecule has 3 rings (SSSR count). The topological polar surface area (TPSA) is 35.5 Å². The van der Waals surface area contributed by atoms with Gasteiger partial charge in [-0.05, 0) is 61.4 Å². The molecule has 0 amide bonds. The maximum atomic E-state index is 11.8. The summed E-state index contributed by atoms with van der Waals surface area (Å²) >= 11 is 3.31. The Morgan fingerprint density at radius 2 is 1.35 bits per heavy atom. The Balaban J connectivity index is 1.48. The molecule has 0 spiro atoms. The molecular formula is C27H35BrO3. The minimum Gasteiger partial charge on any atom is -0.489 e. The van der Waals surface area contributed by atoms with Crippen LogP contribution in [-0.2, 0) is 22.7 Å². The normalized spacial score (nSPS) is 16.1. The Morgan fingerprint density at radius 3 is 1.94 bits per heavy atom. The van der Waals surface area contributed by atoms with E-state index in [4.69, 9.17) is 9.47 Å². The number of benzene rings is 2. The highest BCUT2D eigenvalue weighted by atomic mass is 79.9. The Labute approximate surface area is 195 Å². The van der Waals surface area contributed by atoms with Crippen LogP contribution in [-0.4, -0.2) is 10.3 Å². The summed E-state index contributed by atoms with van der Waals surface area (Å²) in [6.45, 7) is 4.36. The zero-order valence-corrected chi connectivity index (χ0v) is 20.5. The number of halogens is 1. The molecule has 2 aromatic rings. The monoisotopic (exact) mass is 486 g/mol. The van der Waals surface area contributed by atoms with Gasteiger partial charge in [0.05, 0.1) is 0 Å². The van der Waals surface area contributed by atoms with E-state index >= 15 is 0 Å². The minimum atomic E-state index is -0.666. The average Bonchev–Trinajstić information content (AvgIpc) is 2.90. The summed E-state index contributed by atoms with van der Waals surface area (Å²) in [5, 5.41) is 0. The third-order valence-electron chi connectivity index (χ3n) is 5.99. The van der Waals surface area contributed by atoms with Crippen LogP contribution in [0.1, 0.15) is 87.8 Å². The van der Waals surface area contributed by atoms with Gasteiger partial charge in [-0.2, -0.15) is 0 Å². The van der Waals surface area contributed by atoms with E-state index in [0.29, 0.717) is 12.5 Å². The number of esters is 1. The summed E-state index contributed by atoms with van der Waals surface area (Å²) in [4.78, 5) is 11.8. The van der Waals surface area contributed by atoms with Crippen molar-refractivity contribution in [2.24, 2.45) is 0 Å². The van der Waals surface area contributed by atoms with Gasteiger partial charge in [-0.15, -0.1) is 0 Å². The Hall–Kier alpha value is -1.81. The van der Waals surface area contributed by atoms with Gasteiger partial charge >= 0.3 is 5.97 Å². The van der Waals surface area contributed by atoms with Crippen LogP contribution in [0.4, 0.5) is 0 Å². The SMILES string of the molecule is CC(C)(Br)C(=O)OCc1ccc(OCc2ccc(C3CCCCCCCC3)cc2)cc1. The number of hydrogen-bond donors (Lipinski definition) is 0. The van der Waals surface area contributed by atoms with E-state index in [0.717, 1.165) is 11.3 Å². The summed E-state index contributed by atoms with van der Waals surface area (Å²) in [5.74, 6) is 1.26. The average molecular weight is 487 g/mol. The van der Waals surface area contributed by atoms with Gasteiger partial charge in [0.2, 0.25) is 0 Å². The summed E-state index contributed by atoms with van der Waals surface area (Å²) in [6.07, 6.45) is 11.0. The number of rotatable bonds is 7. The second-order valence-electron chi connectivity index (χ2n) is 9.12. The van der Waals surface area contributed by atoms with Crippen LogP contribution < -0.4 is 4.74 Å². The van der Waals surface area contributed by atoms with Crippen LogP contribution in [0.25, 0.3) is 0 Å². The van der Waals surface area contributed by atoms with Crippen LogP contribution in [0.15, 0.2) is 48.5 Å². The molecule has 2 aromatic carbocycles. The molecule has 1 fully saturated rings. The first-order valence-corrected chi connectivity index (χ1v) is 12.4. The van der Waals surface area contributed by atoms with Crippen molar-refractivity contribution < 1.29 is 14.3 Å². The lowest BCUT2D eigenvalue weighted by Crippen LogP contribution is -2.26. The molecule has 0 aromatic heterocycles. The van der Waals surface area contributed by atoms with E-state index in [9.17, 15) is 4.79 Å². The fourth-order valence-electron chi connectivity index (χ4n) is 4.02. The van der Waals surface area contributed by atoms with Crippen LogP contribution in [0, 0.1) is 0 Å². The largest absolute Gasteiger partial charge is 0.489 e. The maximum absolute atomic E-state index is 11.8. The lowest BCUT2D eigenvalue weighted by atomic mass is 9.89. The summed E-state index contributed by atoms with van der Waals surface area (Å²) in [5.41, 5.74) is 3.61. The second kappa shape index (κ2) is 11.7. The van der Waals surface area contributed by atoms with Crippen molar-refractivity contribution in [1.29, 1.82) is 0 Å². The predicted octanol–water partition coefficient (Wildman–Crippen LogP) is 7.70. The van der Waals surface area contributed by atoms with E-state index < -0.39 is 4.32 Å². The third-order valence-corrected chi connectivity index (χ3v) is 6.31. The summed E-state index contributed by atoms with van der Waals surface area (Å²) in [6, 6.07) is 16.7. The smallest absolute Gasteiger partial charge is 0.322 e. The van der Waals surface area contributed by atoms with Gasteiger partial charge in [-0.1, -0.05) is 90.9 Å². The Morgan fingerprint density at radius 1 is 0.839 bits per heavy atom. The number of carbonyl (C=O) groups excluding carboxylic acids is 1. The molecule has 0 radical (unpaired) electrons. The van der Waals surface area contributed by atoms with Gasteiger partial charge in [-0.25, -0.2) is 0 Å². The van der Waals surface area contributed by atoms with E-state index in [1.807, 2.05) is 24.3 Å². The van der Waals surface area contributed by atoms with Gasteiger partial charge < -0.3 is 9.47 Å². The van der Waals surface area contributed by atoms with Crippen molar-refractivity contribution in [2.75, 3.05) is 0 Å². The predicted molar refractivity (Wildman–Crippen MR) is 130 cm³/mol. The molecule has 0 unspecified atom stereocenters. The first-order chi connectivity index (χ1) is 14.9. The molecule has 1 saturated carbocycles. The highest BCUT2D eigenvalue weighted by Gasteiger charge is 2.25. The molecule has 0 atom stereocenters. The Kier molecular flexibility index (Phi) is 9.01. The number of hydrogen-bond acceptors (Lipinski definition) is 3. The lowest BCUT2D eigenvalue weighted by molar-refractivity contribution is -0.146. The standard InChI is InChI=1S/C27H35BrO3/c1-27(2,28)26(29)31-20-22-13-17-25(18-14-22)30-19-21-11-15-24(16-12-21)23-9-7-5-3-4-6-8-10-23/h11-18,23H,3-10,19-20H2,1-2H3. The molecule has 4 heteroatoms. The molecule has 0 aliphatic heterocycles. The van der Waals surface area contributed by atoms with Gasteiger partial charge in [0.15, 0.2) is 0 Å². The van der Waals surface area contributed by atoms with Crippen LogP contribution in [0.5, 0.6) is 5.75 Å². The van der Waals surface area contributed by atoms with Crippen molar-refractivity contribution in [3.8, 4) is 5.75 Å². The molecule has 1 aliphatic rings.